The minimum absolute atomic E-state index is 0.654. The first-order valence-corrected chi connectivity index (χ1v) is 8.18. The van der Waals surface area contributed by atoms with Crippen LogP contribution in [0.4, 0.5) is 0 Å². The average molecular weight is 379 g/mol. The number of nitrogens with zero attached hydrogens (tertiary/aromatic N) is 1. The zero-order valence-corrected chi connectivity index (χ0v) is 13.3. The van der Waals surface area contributed by atoms with E-state index in [0.29, 0.717) is 5.25 Å². The van der Waals surface area contributed by atoms with E-state index in [2.05, 4.69) is 39.6 Å². The first kappa shape index (κ1) is 13.4. The molecule has 17 heavy (non-hydrogen) atoms. The van der Waals surface area contributed by atoms with Crippen molar-refractivity contribution < 1.29 is 4.74 Å². The Hall–Kier alpha value is -0.0100. The number of thiocarbonyl (C=S) groups is 1. The second-order valence-electron chi connectivity index (χ2n) is 3.89. The summed E-state index contributed by atoms with van der Waals surface area (Å²) in [6.07, 6.45) is 0. The minimum Gasteiger partial charge on any atom is -0.497 e. The number of alkyl halides is 1. The molecule has 0 radical (unpaired) electrons. The van der Waals surface area contributed by atoms with Crippen molar-refractivity contribution in [3.63, 3.8) is 0 Å². The molecule has 1 atom stereocenters. The van der Waals surface area contributed by atoms with Crippen molar-refractivity contribution in [2.45, 2.75) is 11.8 Å². The van der Waals surface area contributed by atoms with E-state index in [0.717, 1.165) is 27.6 Å². The van der Waals surface area contributed by atoms with Gasteiger partial charge in [0, 0.05) is 22.8 Å². The largest absolute Gasteiger partial charge is 0.497 e. The molecule has 1 heterocycles. The number of benzene rings is 1. The predicted octanol–water partition coefficient (Wildman–Crippen LogP) is 3.33. The molecular formula is C12H14INOS2. The zero-order chi connectivity index (χ0) is 12.3. The number of hydrogen-bond donors (Lipinski definition) is 0. The summed E-state index contributed by atoms with van der Waals surface area (Å²) >= 11 is 9.64. The van der Waals surface area contributed by atoms with E-state index in [1.807, 2.05) is 23.9 Å². The molecule has 0 saturated carbocycles. The van der Waals surface area contributed by atoms with E-state index >= 15 is 0 Å². The van der Waals surface area contributed by atoms with Gasteiger partial charge in [0.25, 0.3) is 0 Å². The molecule has 0 N–H and O–H groups in total. The standard InChI is InChI=1S/C12H14INOS2/c1-15-10-4-2-9(3-5-10)7-14-8-11(6-13)17-12(14)16/h2-5,11H,6-8H2,1H3. The lowest BCUT2D eigenvalue weighted by atomic mass is 10.2. The van der Waals surface area contributed by atoms with Gasteiger partial charge >= 0.3 is 0 Å². The highest BCUT2D eigenvalue weighted by molar-refractivity contribution is 14.1. The third kappa shape index (κ3) is 3.48. The topological polar surface area (TPSA) is 12.5 Å². The Bertz CT molecular complexity index is 396. The van der Waals surface area contributed by atoms with Gasteiger partial charge in [-0.05, 0) is 17.7 Å². The number of methoxy groups -OCH3 is 1. The maximum atomic E-state index is 5.39. The van der Waals surface area contributed by atoms with E-state index in [-0.39, 0.29) is 0 Å². The molecule has 0 aromatic heterocycles. The van der Waals surface area contributed by atoms with Gasteiger partial charge in [-0.25, -0.2) is 0 Å². The molecule has 1 aliphatic rings. The van der Waals surface area contributed by atoms with E-state index in [4.69, 9.17) is 17.0 Å². The molecule has 2 nitrogen and oxygen atoms in total. The summed E-state index contributed by atoms with van der Waals surface area (Å²) in [5, 5.41) is 0.654. The lowest BCUT2D eigenvalue weighted by Crippen LogP contribution is -2.24. The molecule has 1 aromatic carbocycles. The highest BCUT2D eigenvalue weighted by atomic mass is 127. The van der Waals surface area contributed by atoms with Gasteiger partial charge in [0.2, 0.25) is 0 Å². The molecule has 0 aliphatic carbocycles. The second kappa shape index (κ2) is 6.24. The number of hydrogen-bond acceptors (Lipinski definition) is 3. The van der Waals surface area contributed by atoms with Crippen molar-refractivity contribution in [2.75, 3.05) is 18.1 Å². The van der Waals surface area contributed by atoms with Crippen LogP contribution in [-0.2, 0) is 6.54 Å². The molecule has 5 heteroatoms. The van der Waals surface area contributed by atoms with Gasteiger partial charge in [0.1, 0.15) is 10.1 Å². The summed E-state index contributed by atoms with van der Waals surface area (Å²) in [6, 6.07) is 8.20. The van der Waals surface area contributed by atoms with Crippen LogP contribution in [0.2, 0.25) is 0 Å². The van der Waals surface area contributed by atoms with Crippen LogP contribution in [0.1, 0.15) is 5.56 Å². The zero-order valence-electron chi connectivity index (χ0n) is 9.56. The van der Waals surface area contributed by atoms with Crippen molar-refractivity contribution in [2.24, 2.45) is 0 Å². The lowest BCUT2D eigenvalue weighted by Gasteiger charge is -2.17. The van der Waals surface area contributed by atoms with Crippen LogP contribution in [0.5, 0.6) is 5.75 Å². The fourth-order valence-corrected chi connectivity index (χ4v) is 3.99. The van der Waals surface area contributed by atoms with Gasteiger partial charge in [-0.15, -0.1) is 0 Å². The summed E-state index contributed by atoms with van der Waals surface area (Å²) < 4.78 is 7.33. The lowest BCUT2D eigenvalue weighted by molar-refractivity contribution is 0.413. The van der Waals surface area contributed by atoms with Gasteiger partial charge in [0.15, 0.2) is 0 Å². The molecule has 1 unspecified atom stereocenters. The normalized spacial score (nSPS) is 19.8. The van der Waals surface area contributed by atoms with Crippen LogP contribution in [-0.4, -0.2) is 32.6 Å². The Morgan fingerprint density at radius 1 is 1.47 bits per heavy atom. The van der Waals surface area contributed by atoms with E-state index in [9.17, 15) is 0 Å². The quantitative estimate of drug-likeness (QED) is 0.452. The van der Waals surface area contributed by atoms with Crippen LogP contribution in [0.25, 0.3) is 0 Å². The minimum atomic E-state index is 0.654. The van der Waals surface area contributed by atoms with E-state index < -0.39 is 0 Å². The Balaban J connectivity index is 1.98. The van der Waals surface area contributed by atoms with Gasteiger partial charge < -0.3 is 9.64 Å². The summed E-state index contributed by atoms with van der Waals surface area (Å²) in [5.74, 6) is 0.900. The maximum Gasteiger partial charge on any atom is 0.137 e. The first-order valence-electron chi connectivity index (χ1n) is 5.37. The van der Waals surface area contributed by atoms with E-state index in [1.165, 1.54) is 5.56 Å². The smallest absolute Gasteiger partial charge is 0.137 e. The molecule has 1 saturated heterocycles. The van der Waals surface area contributed by atoms with Crippen LogP contribution in [0.3, 0.4) is 0 Å². The van der Waals surface area contributed by atoms with Gasteiger partial charge in [-0.3, -0.25) is 0 Å². The number of thioether (sulfide) groups is 1. The number of halogens is 1. The fraction of sp³-hybridized carbons (Fsp3) is 0.417. The van der Waals surface area contributed by atoms with Gasteiger partial charge in [0.05, 0.1) is 7.11 Å². The Morgan fingerprint density at radius 3 is 2.71 bits per heavy atom. The van der Waals surface area contributed by atoms with Crippen LogP contribution >= 0.6 is 46.6 Å². The average Bonchev–Trinajstić information content (AvgIpc) is 2.71. The maximum absolute atomic E-state index is 5.39. The predicted molar refractivity (Wildman–Crippen MR) is 86.3 cm³/mol. The Morgan fingerprint density at radius 2 is 2.18 bits per heavy atom. The SMILES string of the molecule is COc1ccc(CN2CC(CI)SC2=S)cc1. The summed E-state index contributed by atoms with van der Waals surface area (Å²) in [7, 11) is 1.69. The third-order valence-electron chi connectivity index (χ3n) is 2.65. The molecule has 92 valence electrons. The molecular weight excluding hydrogens is 365 g/mol. The van der Waals surface area contributed by atoms with Crippen LogP contribution in [0, 0.1) is 0 Å². The van der Waals surface area contributed by atoms with Crippen molar-refractivity contribution in [3.05, 3.63) is 29.8 Å². The monoisotopic (exact) mass is 379 g/mol. The number of rotatable bonds is 4. The third-order valence-corrected chi connectivity index (χ3v) is 5.97. The van der Waals surface area contributed by atoms with Crippen molar-refractivity contribution >= 4 is 50.9 Å². The fourth-order valence-electron chi connectivity index (χ4n) is 1.74. The van der Waals surface area contributed by atoms with Gasteiger partial charge in [-0.1, -0.05) is 58.7 Å². The molecule has 0 bridgehead atoms. The molecule has 0 amide bonds. The van der Waals surface area contributed by atoms with Crippen molar-refractivity contribution in [1.29, 1.82) is 0 Å². The summed E-state index contributed by atoms with van der Waals surface area (Å²) in [5.41, 5.74) is 1.28. The second-order valence-corrected chi connectivity index (χ2v) is 6.70. The number of ether oxygens (including phenoxy) is 1. The Kier molecular flexibility index (Phi) is 4.93. The van der Waals surface area contributed by atoms with Crippen LogP contribution < -0.4 is 4.74 Å². The van der Waals surface area contributed by atoms with Crippen LogP contribution in [0.15, 0.2) is 24.3 Å². The van der Waals surface area contributed by atoms with Crippen molar-refractivity contribution in [3.8, 4) is 5.75 Å². The highest BCUT2D eigenvalue weighted by Gasteiger charge is 2.26. The van der Waals surface area contributed by atoms with E-state index in [1.54, 1.807) is 7.11 Å². The molecule has 1 fully saturated rings. The first-order chi connectivity index (χ1) is 8.22. The molecule has 0 spiro atoms. The van der Waals surface area contributed by atoms with Gasteiger partial charge in [-0.2, -0.15) is 0 Å². The molecule has 1 aromatic rings. The molecule has 1 aliphatic heterocycles. The van der Waals surface area contributed by atoms with Crippen molar-refractivity contribution in [1.82, 2.24) is 4.90 Å². The Labute approximate surface area is 125 Å². The summed E-state index contributed by atoms with van der Waals surface area (Å²) in [4.78, 5) is 2.28. The summed E-state index contributed by atoms with van der Waals surface area (Å²) in [6.45, 7) is 1.97. The highest BCUT2D eigenvalue weighted by Crippen LogP contribution is 2.28. The molecule has 2 rings (SSSR count).